The van der Waals surface area contributed by atoms with Crippen LogP contribution in [0.25, 0.3) is 0 Å². The first-order chi connectivity index (χ1) is 13.5. The van der Waals surface area contributed by atoms with E-state index >= 15 is 0 Å². The molecule has 1 fully saturated rings. The summed E-state index contributed by atoms with van der Waals surface area (Å²) >= 11 is 0. The van der Waals surface area contributed by atoms with Gasteiger partial charge in [-0.1, -0.05) is 12.2 Å². The topological polar surface area (TPSA) is 98.6 Å². The van der Waals surface area contributed by atoms with Crippen molar-refractivity contribution in [3.05, 3.63) is 42.0 Å². The van der Waals surface area contributed by atoms with Crippen LogP contribution in [0.2, 0.25) is 0 Å². The predicted molar refractivity (Wildman–Crippen MR) is 106 cm³/mol. The second-order valence-corrected chi connectivity index (χ2v) is 6.48. The van der Waals surface area contributed by atoms with Crippen molar-refractivity contribution in [1.29, 1.82) is 0 Å². The van der Waals surface area contributed by atoms with E-state index in [1.54, 1.807) is 19.1 Å². The molecule has 28 heavy (non-hydrogen) atoms. The number of amides is 3. The highest BCUT2D eigenvalue weighted by Crippen LogP contribution is 2.23. The minimum Gasteiger partial charge on any atom is -0.497 e. The molecule has 0 saturated carbocycles. The van der Waals surface area contributed by atoms with Crippen LogP contribution in [0.4, 0.5) is 4.79 Å². The number of hydrazone groups is 1. The Kier molecular flexibility index (Phi) is 5.62. The Morgan fingerprint density at radius 2 is 2.07 bits per heavy atom. The van der Waals surface area contributed by atoms with Gasteiger partial charge in [0.1, 0.15) is 5.75 Å². The smallest absolute Gasteiger partial charge is 0.325 e. The number of nitrogens with one attached hydrogen (secondary N) is 2. The molecule has 0 radical (unpaired) electrons. The zero-order valence-corrected chi connectivity index (χ0v) is 16.3. The molecular weight excluding hydrogens is 360 g/mol. The zero-order chi connectivity index (χ0) is 20.3. The van der Waals surface area contributed by atoms with Crippen molar-refractivity contribution in [2.24, 2.45) is 10.1 Å². The molecule has 1 saturated heterocycles. The van der Waals surface area contributed by atoms with Crippen LogP contribution in [0, 0.1) is 0 Å². The lowest BCUT2D eigenvalue weighted by Crippen LogP contribution is -2.64. The summed E-state index contributed by atoms with van der Waals surface area (Å²) in [5.41, 5.74) is 4.64. The molecule has 1 aromatic rings. The van der Waals surface area contributed by atoms with Crippen molar-refractivity contribution in [2.75, 3.05) is 20.7 Å². The molecule has 148 valence electrons. The second kappa shape index (κ2) is 8.12. The van der Waals surface area contributed by atoms with E-state index in [1.165, 1.54) is 4.90 Å². The predicted octanol–water partition coefficient (Wildman–Crippen LogP) is 1.13. The summed E-state index contributed by atoms with van der Waals surface area (Å²) in [5, 5.41) is 6.77. The lowest BCUT2D eigenvalue weighted by atomic mass is 10.1. The Morgan fingerprint density at radius 3 is 2.71 bits per heavy atom. The fourth-order valence-corrected chi connectivity index (χ4v) is 3.07. The highest BCUT2D eigenvalue weighted by Gasteiger charge is 2.48. The minimum absolute atomic E-state index is 0.367. The number of rotatable bonds is 5. The van der Waals surface area contributed by atoms with Crippen molar-refractivity contribution >= 4 is 23.6 Å². The van der Waals surface area contributed by atoms with Gasteiger partial charge in [0.15, 0.2) is 12.2 Å². The van der Waals surface area contributed by atoms with Gasteiger partial charge in [-0.2, -0.15) is 5.10 Å². The van der Waals surface area contributed by atoms with Crippen LogP contribution in [-0.2, 0) is 4.79 Å². The standard InChI is InChI=1S/C19H24N6O3/c1-5-6-11-25-15-16(24(3)19(27)21-17(15)26)20-18(25)23-22-12(2)13-7-9-14(28-4)10-8-13/h5-10,15-16H,11H2,1-4H3,(H,20,23)(H,21,26,27)/b6-5+,22-12+. The lowest BCUT2D eigenvalue weighted by molar-refractivity contribution is -0.126. The van der Waals surface area contributed by atoms with Gasteiger partial charge in [-0.15, -0.1) is 0 Å². The Morgan fingerprint density at radius 1 is 1.36 bits per heavy atom. The number of hydrogen-bond donors (Lipinski definition) is 2. The molecule has 3 amide bonds. The number of guanidine groups is 1. The molecule has 2 aliphatic rings. The van der Waals surface area contributed by atoms with Gasteiger partial charge in [-0.05, 0) is 43.7 Å². The first kappa shape index (κ1) is 19.4. The Balaban J connectivity index is 1.83. The number of carbonyl (C=O) groups is 2. The molecule has 3 rings (SSSR count). The van der Waals surface area contributed by atoms with Crippen LogP contribution in [0.15, 0.2) is 46.5 Å². The van der Waals surface area contributed by atoms with Crippen LogP contribution in [0.5, 0.6) is 5.75 Å². The number of carbonyl (C=O) groups excluding carboxylic acids is 2. The summed E-state index contributed by atoms with van der Waals surface area (Å²) < 4.78 is 5.17. The van der Waals surface area contributed by atoms with E-state index in [1.807, 2.05) is 50.3 Å². The highest BCUT2D eigenvalue weighted by molar-refractivity contribution is 6.04. The summed E-state index contributed by atoms with van der Waals surface area (Å²) in [6.07, 6.45) is 3.22. The number of likely N-dealkylation sites (N-methyl/N-ethyl adjacent to an activating group) is 1. The van der Waals surface area contributed by atoms with Crippen molar-refractivity contribution in [1.82, 2.24) is 20.5 Å². The molecule has 2 atom stereocenters. The summed E-state index contributed by atoms with van der Waals surface area (Å²) in [6, 6.07) is 6.48. The summed E-state index contributed by atoms with van der Waals surface area (Å²) in [4.78, 5) is 32.1. The zero-order valence-electron chi connectivity index (χ0n) is 16.3. The third-order valence-electron chi connectivity index (χ3n) is 4.73. The van der Waals surface area contributed by atoms with Gasteiger partial charge in [-0.3, -0.25) is 10.1 Å². The van der Waals surface area contributed by atoms with E-state index in [-0.39, 0.29) is 5.91 Å². The summed E-state index contributed by atoms with van der Waals surface area (Å²) in [6.45, 7) is 4.24. The maximum absolute atomic E-state index is 12.4. The first-order valence-corrected chi connectivity index (χ1v) is 8.94. The maximum atomic E-state index is 12.4. The molecule has 2 N–H and O–H groups in total. The molecule has 2 heterocycles. The normalized spacial score (nSPS) is 22.3. The fraction of sp³-hybridized carbons (Fsp3) is 0.368. The highest BCUT2D eigenvalue weighted by atomic mass is 16.5. The monoisotopic (exact) mass is 384 g/mol. The van der Waals surface area contributed by atoms with Crippen LogP contribution < -0.4 is 15.5 Å². The second-order valence-electron chi connectivity index (χ2n) is 6.48. The van der Waals surface area contributed by atoms with Crippen molar-refractivity contribution in [3.8, 4) is 5.75 Å². The number of nitrogens with zero attached hydrogens (tertiary/aromatic N) is 4. The number of aliphatic imine (C=N–C) groups is 1. The quantitative estimate of drug-likeness (QED) is 0.451. The molecule has 2 unspecified atom stereocenters. The molecule has 9 nitrogen and oxygen atoms in total. The number of hydrogen-bond acceptors (Lipinski definition) is 7. The molecular formula is C19H24N6O3. The van der Waals surface area contributed by atoms with Crippen molar-refractivity contribution < 1.29 is 14.3 Å². The summed E-state index contributed by atoms with van der Waals surface area (Å²) in [7, 11) is 3.23. The van der Waals surface area contributed by atoms with Gasteiger partial charge in [0, 0.05) is 13.6 Å². The SMILES string of the molecule is C/C=C/CN1C(N/N=C(\C)c2ccc(OC)cc2)=NC2C1C(=O)NC(=O)N2C. The van der Waals surface area contributed by atoms with Crippen LogP contribution >= 0.6 is 0 Å². The number of fused-ring (bicyclic) bond motifs is 1. The number of imide groups is 1. The number of methoxy groups -OCH3 is 1. The number of urea groups is 1. The third kappa shape index (κ3) is 3.68. The van der Waals surface area contributed by atoms with Crippen molar-refractivity contribution in [2.45, 2.75) is 26.1 Å². The minimum atomic E-state index is -0.599. The molecule has 0 bridgehead atoms. The van der Waals surface area contributed by atoms with E-state index in [9.17, 15) is 9.59 Å². The van der Waals surface area contributed by atoms with E-state index in [4.69, 9.17) is 4.74 Å². The van der Waals surface area contributed by atoms with Gasteiger partial charge >= 0.3 is 6.03 Å². The maximum Gasteiger partial charge on any atom is 0.325 e. The van der Waals surface area contributed by atoms with Crippen molar-refractivity contribution in [3.63, 3.8) is 0 Å². The van der Waals surface area contributed by atoms with E-state index in [2.05, 4.69) is 20.8 Å². The van der Waals surface area contributed by atoms with Gasteiger partial charge in [-0.25, -0.2) is 15.2 Å². The first-order valence-electron chi connectivity index (χ1n) is 8.94. The Labute approximate surface area is 163 Å². The summed E-state index contributed by atoms with van der Waals surface area (Å²) in [5.74, 6) is 0.844. The van der Waals surface area contributed by atoms with Crippen LogP contribution in [0.1, 0.15) is 19.4 Å². The lowest BCUT2D eigenvalue weighted by Gasteiger charge is -2.35. The molecule has 0 aliphatic carbocycles. The van der Waals surface area contributed by atoms with Gasteiger partial charge < -0.3 is 14.5 Å². The number of benzene rings is 1. The van der Waals surface area contributed by atoms with E-state index in [0.717, 1.165) is 17.0 Å². The molecule has 2 aliphatic heterocycles. The third-order valence-corrected chi connectivity index (χ3v) is 4.73. The molecule has 1 aromatic carbocycles. The number of ether oxygens (including phenoxy) is 1. The Bertz CT molecular complexity index is 846. The van der Waals surface area contributed by atoms with Crippen LogP contribution in [0.3, 0.4) is 0 Å². The van der Waals surface area contributed by atoms with Gasteiger partial charge in [0.05, 0.1) is 12.8 Å². The average Bonchev–Trinajstić information content (AvgIpc) is 3.07. The molecule has 0 spiro atoms. The Hall–Kier alpha value is -3.36. The fourth-order valence-electron chi connectivity index (χ4n) is 3.07. The molecule has 9 heteroatoms. The van der Waals surface area contributed by atoms with Crippen LogP contribution in [-0.4, -0.2) is 66.3 Å². The van der Waals surface area contributed by atoms with Gasteiger partial charge in [0.2, 0.25) is 5.96 Å². The average molecular weight is 384 g/mol. The van der Waals surface area contributed by atoms with E-state index in [0.29, 0.717) is 12.5 Å². The van der Waals surface area contributed by atoms with E-state index < -0.39 is 18.2 Å². The van der Waals surface area contributed by atoms with Gasteiger partial charge in [0.25, 0.3) is 5.91 Å². The number of allylic oxidation sites excluding steroid dienone is 1. The largest absolute Gasteiger partial charge is 0.497 e. The molecule has 0 aromatic heterocycles.